The summed E-state index contributed by atoms with van der Waals surface area (Å²) in [7, 11) is 0. The Morgan fingerprint density at radius 3 is 2.88 bits per heavy atom. The van der Waals surface area contributed by atoms with Crippen molar-refractivity contribution in [2.75, 3.05) is 26.3 Å². The maximum absolute atomic E-state index is 12.2. The zero-order chi connectivity index (χ0) is 17.8. The van der Waals surface area contributed by atoms with Gasteiger partial charge in [0.1, 0.15) is 0 Å². The Balaban J connectivity index is 1.59. The number of benzene rings is 1. The smallest absolute Gasteiger partial charge is 0.225 e. The average Bonchev–Trinajstić information content (AvgIpc) is 2.85. The number of hydrogen-bond donors (Lipinski definition) is 1. The van der Waals surface area contributed by atoms with E-state index in [2.05, 4.69) is 18.3 Å². The van der Waals surface area contributed by atoms with Crippen LogP contribution < -0.4 is 14.8 Å². The highest BCUT2D eigenvalue weighted by molar-refractivity contribution is 5.78. The van der Waals surface area contributed by atoms with E-state index in [4.69, 9.17) is 9.47 Å². The number of ether oxygens (including phenoxy) is 2. The molecule has 0 saturated carbocycles. The van der Waals surface area contributed by atoms with Crippen molar-refractivity contribution in [2.24, 2.45) is 11.8 Å². The third-order valence-electron chi connectivity index (χ3n) is 5.12. The molecule has 138 valence electrons. The lowest BCUT2D eigenvalue weighted by molar-refractivity contribution is -0.136. The summed E-state index contributed by atoms with van der Waals surface area (Å²) in [4.78, 5) is 14.2. The predicted molar refractivity (Wildman–Crippen MR) is 97.9 cm³/mol. The zero-order valence-electron chi connectivity index (χ0n) is 15.6. The number of hydrogen-bond acceptors (Lipinski definition) is 4. The lowest BCUT2D eigenvalue weighted by Crippen LogP contribution is -2.50. The highest BCUT2D eigenvalue weighted by atomic mass is 16.5. The quantitative estimate of drug-likeness (QED) is 0.911. The second-order valence-electron chi connectivity index (χ2n) is 7.49. The monoisotopic (exact) mass is 346 g/mol. The van der Waals surface area contributed by atoms with E-state index in [1.807, 2.05) is 30.9 Å². The van der Waals surface area contributed by atoms with Crippen LogP contribution in [0.3, 0.4) is 0 Å². The van der Waals surface area contributed by atoms with E-state index in [1.54, 1.807) is 0 Å². The molecule has 25 heavy (non-hydrogen) atoms. The van der Waals surface area contributed by atoms with Gasteiger partial charge in [0.2, 0.25) is 5.91 Å². The van der Waals surface area contributed by atoms with Crippen LogP contribution in [0.2, 0.25) is 0 Å². The lowest BCUT2D eigenvalue weighted by Gasteiger charge is -2.38. The third-order valence-corrected chi connectivity index (χ3v) is 5.12. The van der Waals surface area contributed by atoms with Gasteiger partial charge in [-0.15, -0.1) is 0 Å². The molecule has 5 heteroatoms. The molecule has 1 N–H and O–H groups in total. The molecule has 0 aliphatic carbocycles. The average molecular weight is 346 g/mol. The van der Waals surface area contributed by atoms with E-state index in [1.165, 1.54) is 0 Å². The van der Waals surface area contributed by atoms with E-state index < -0.39 is 0 Å². The van der Waals surface area contributed by atoms with Crippen LogP contribution in [0.1, 0.15) is 39.2 Å². The number of carbonyl (C=O) groups is 1. The van der Waals surface area contributed by atoms with Crippen LogP contribution in [0.25, 0.3) is 0 Å². The van der Waals surface area contributed by atoms with E-state index in [0.29, 0.717) is 25.2 Å². The molecule has 2 heterocycles. The summed E-state index contributed by atoms with van der Waals surface area (Å²) in [5.74, 6) is 2.52. The number of nitrogens with zero attached hydrogens (tertiary/aromatic N) is 1. The van der Waals surface area contributed by atoms with Gasteiger partial charge in [-0.2, -0.15) is 0 Å². The fourth-order valence-electron chi connectivity index (χ4n) is 3.65. The summed E-state index contributed by atoms with van der Waals surface area (Å²) in [6, 6.07) is 6.52. The standard InChI is InChI=1S/C20H30N2O3/c1-14(2)20(23)22-9-8-17(15(3)13-22)21-12-16-6-4-7-18-19(16)25-11-5-10-24-18/h4,6-7,14-15,17,21H,5,8-13H2,1-3H3/t15-,17-/m0/s1. The van der Waals surface area contributed by atoms with Gasteiger partial charge in [0.05, 0.1) is 13.2 Å². The first-order valence-corrected chi connectivity index (χ1v) is 9.46. The van der Waals surface area contributed by atoms with E-state index >= 15 is 0 Å². The number of likely N-dealkylation sites (tertiary alicyclic amines) is 1. The fourth-order valence-corrected chi connectivity index (χ4v) is 3.65. The first kappa shape index (κ1) is 18.1. The Hall–Kier alpha value is -1.75. The van der Waals surface area contributed by atoms with Crippen molar-refractivity contribution in [1.82, 2.24) is 10.2 Å². The van der Waals surface area contributed by atoms with Gasteiger partial charge in [0.25, 0.3) is 0 Å². The Morgan fingerprint density at radius 2 is 2.12 bits per heavy atom. The van der Waals surface area contributed by atoms with Crippen LogP contribution in [0, 0.1) is 11.8 Å². The number of rotatable bonds is 4. The van der Waals surface area contributed by atoms with Gasteiger partial charge in [0.15, 0.2) is 11.5 Å². The van der Waals surface area contributed by atoms with Crippen LogP contribution in [0.15, 0.2) is 18.2 Å². The first-order valence-electron chi connectivity index (χ1n) is 9.46. The molecule has 5 nitrogen and oxygen atoms in total. The number of para-hydroxylation sites is 1. The van der Waals surface area contributed by atoms with Crippen molar-refractivity contribution in [3.63, 3.8) is 0 Å². The van der Waals surface area contributed by atoms with Crippen molar-refractivity contribution < 1.29 is 14.3 Å². The molecule has 0 bridgehead atoms. The van der Waals surface area contributed by atoms with E-state index in [9.17, 15) is 4.79 Å². The van der Waals surface area contributed by atoms with Crippen molar-refractivity contribution in [2.45, 2.75) is 46.2 Å². The SMILES string of the molecule is CC(C)C(=O)N1CC[C@H](NCc2cccc3c2OCCCO3)[C@@H](C)C1. The Morgan fingerprint density at radius 1 is 1.32 bits per heavy atom. The molecule has 1 aromatic rings. The summed E-state index contributed by atoms with van der Waals surface area (Å²) in [5, 5.41) is 3.67. The molecular formula is C20H30N2O3. The van der Waals surface area contributed by atoms with Gasteiger partial charge in [-0.25, -0.2) is 0 Å². The molecule has 1 amide bonds. The predicted octanol–water partition coefficient (Wildman–Crippen LogP) is 2.83. The van der Waals surface area contributed by atoms with Crippen molar-refractivity contribution >= 4 is 5.91 Å². The van der Waals surface area contributed by atoms with Crippen LogP contribution in [0.4, 0.5) is 0 Å². The minimum absolute atomic E-state index is 0.0774. The normalized spacial score (nSPS) is 23.4. The summed E-state index contributed by atoms with van der Waals surface area (Å²) >= 11 is 0. The molecule has 2 aliphatic heterocycles. The van der Waals surface area contributed by atoms with Gasteiger partial charge < -0.3 is 19.7 Å². The number of carbonyl (C=O) groups excluding carboxylic acids is 1. The van der Waals surface area contributed by atoms with Gasteiger partial charge in [0, 0.05) is 43.6 Å². The maximum atomic E-state index is 12.2. The van der Waals surface area contributed by atoms with Gasteiger partial charge in [-0.3, -0.25) is 4.79 Å². The van der Waals surface area contributed by atoms with Gasteiger partial charge >= 0.3 is 0 Å². The molecule has 0 unspecified atom stereocenters. The second-order valence-corrected chi connectivity index (χ2v) is 7.49. The van der Waals surface area contributed by atoms with Crippen LogP contribution in [0.5, 0.6) is 11.5 Å². The molecule has 1 fully saturated rings. The Labute approximate surface area is 150 Å². The summed E-state index contributed by atoms with van der Waals surface area (Å²) in [5.41, 5.74) is 1.15. The zero-order valence-corrected chi connectivity index (χ0v) is 15.6. The highest BCUT2D eigenvalue weighted by Gasteiger charge is 2.29. The molecule has 0 spiro atoms. The number of nitrogens with one attached hydrogen (secondary N) is 1. The molecule has 0 radical (unpaired) electrons. The summed E-state index contributed by atoms with van der Waals surface area (Å²) in [6.07, 6.45) is 1.91. The van der Waals surface area contributed by atoms with Crippen molar-refractivity contribution in [3.8, 4) is 11.5 Å². The molecule has 0 aromatic heterocycles. The van der Waals surface area contributed by atoms with Crippen LogP contribution >= 0.6 is 0 Å². The number of amides is 1. The lowest BCUT2D eigenvalue weighted by atomic mass is 9.92. The minimum Gasteiger partial charge on any atom is -0.490 e. The topological polar surface area (TPSA) is 50.8 Å². The molecule has 2 atom stereocenters. The van der Waals surface area contributed by atoms with E-state index in [0.717, 1.165) is 49.5 Å². The second kappa shape index (κ2) is 8.09. The molecule has 3 rings (SSSR count). The van der Waals surface area contributed by atoms with Crippen molar-refractivity contribution in [3.05, 3.63) is 23.8 Å². The maximum Gasteiger partial charge on any atom is 0.225 e. The van der Waals surface area contributed by atoms with Crippen LogP contribution in [-0.4, -0.2) is 43.2 Å². The molecule has 2 aliphatic rings. The van der Waals surface area contributed by atoms with E-state index in [-0.39, 0.29) is 11.8 Å². The van der Waals surface area contributed by atoms with Crippen LogP contribution in [-0.2, 0) is 11.3 Å². The first-order chi connectivity index (χ1) is 12.1. The largest absolute Gasteiger partial charge is 0.490 e. The van der Waals surface area contributed by atoms with Crippen molar-refractivity contribution in [1.29, 1.82) is 0 Å². The molecule has 1 saturated heterocycles. The summed E-state index contributed by atoms with van der Waals surface area (Å²) < 4.78 is 11.7. The van der Waals surface area contributed by atoms with Gasteiger partial charge in [-0.05, 0) is 18.4 Å². The highest BCUT2D eigenvalue weighted by Crippen LogP contribution is 2.33. The fraction of sp³-hybridized carbons (Fsp3) is 0.650. The summed E-state index contributed by atoms with van der Waals surface area (Å²) in [6.45, 7) is 10.0. The molecular weight excluding hydrogens is 316 g/mol. The Bertz CT molecular complexity index is 603. The molecule has 1 aromatic carbocycles. The third kappa shape index (κ3) is 4.27. The Kier molecular flexibility index (Phi) is 5.84. The number of fused-ring (bicyclic) bond motifs is 1. The van der Waals surface area contributed by atoms with Gasteiger partial charge in [-0.1, -0.05) is 32.9 Å². The minimum atomic E-state index is 0.0774. The number of piperidine rings is 1.